The molecule has 0 aliphatic heterocycles. The van der Waals surface area contributed by atoms with E-state index in [1.54, 1.807) is 18.5 Å². The molecule has 0 fully saturated rings. The number of hydrogen-bond donors (Lipinski definition) is 3. The number of nitrogens with two attached hydrogens (primary N) is 2. The number of nitrogens with one attached hydrogen (secondary N) is 1. The van der Waals surface area contributed by atoms with E-state index in [-0.39, 0.29) is 5.54 Å². The van der Waals surface area contributed by atoms with Crippen LogP contribution in [0, 0.1) is 0 Å². The van der Waals surface area contributed by atoms with Gasteiger partial charge in [0.15, 0.2) is 0 Å². The van der Waals surface area contributed by atoms with Gasteiger partial charge in [0.25, 0.3) is 0 Å². The quantitative estimate of drug-likeness (QED) is 0.665. The van der Waals surface area contributed by atoms with Crippen LogP contribution in [0.3, 0.4) is 0 Å². The summed E-state index contributed by atoms with van der Waals surface area (Å²) >= 11 is 0. The third-order valence-electron chi connectivity index (χ3n) is 3.18. The lowest BCUT2D eigenvalue weighted by molar-refractivity contribution is 0.627. The van der Waals surface area contributed by atoms with Crippen LogP contribution in [-0.2, 0) is 0 Å². The normalized spacial score (nSPS) is 11.6. The van der Waals surface area contributed by atoms with Gasteiger partial charge in [0.05, 0.1) is 16.6 Å². The molecule has 0 saturated heterocycles. The van der Waals surface area contributed by atoms with Crippen molar-refractivity contribution in [1.29, 1.82) is 0 Å². The highest BCUT2D eigenvalue weighted by atomic mass is 15.1. The Hall–Kier alpha value is -2.96. The molecule has 0 bridgehead atoms. The van der Waals surface area contributed by atoms with Crippen LogP contribution in [0.5, 0.6) is 0 Å². The predicted molar refractivity (Wildman–Crippen MR) is 92.8 cm³/mol. The zero-order valence-electron chi connectivity index (χ0n) is 13.3. The lowest BCUT2D eigenvalue weighted by atomic mass is 10.1. The van der Waals surface area contributed by atoms with Crippen LogP contribution in [0.25, 0.3) is 22.2 Å². The Bertz CT molecular complexity index is 868. The third kappa shape index (κ3) is 3.13. The highest BCUT2D eigenvalue weighted by Crippen LogP contribution is 2.31. The molecule has 3 aromatic rings. The summed E-state index contributed by atoms with van der Waals surface area (Å²) in [6.07, 6.45) is 3.28. The van der Waals surface area contributed by atoms with E-state index in [4.69, 9.17) is 11.5 Å². The number of nitrogens with zero attached hydrogens (tertiary/aromatic N) is 4. The summed E-state index contributed by atoms with van der Waals surface area (Å²) < 4.78 is 0. The van der Waals surface area contributed by atoms with Crippen LogP contribution in [0.15, 0.2) is 30.6 Å². The monoisotopic (exact) mass is 309 g/mol. The second-order valence-corrected chi connectivity index (χ2v) is 6.33. The van der Waals surface area contributed by atoms with Crippen molar-refractivity contribution in [2.45, 2.75) is 26.3 Å². The second kappa shape index (κ2) is 5.35. The molecule has 3 heterocycles. The van der Waals surface area contributed by atoms with E-state index >= 15 is 0 Å². The van der Waals surface area contributed by atoms with Crippen LogP contribution in [-0.4, -0.2) is 25.5 Å². The van der Waals surface area contributed by atoms with E-state index in [1.165, 1.54) is 0 Å². The topological polar surface area (TPSA) is 116 Å². The summed E-state index contributed by atoms with van der Waals surface area (Å²) in [4.78, 5) is 17.3. The minimum absolute atomic E-state index is 0.166. The summed E-state index contributed by atoms with van der Waals surface area (Å²) in [6, 6.07) is 5.41. The van der Waals surface area contributed by atoms with Crippen molar-refractivity contribution in [2.75, 3.05) is 16.8 Å². The summed E-state index contributed by atoms with van der Waals surface area (Å²) in [5, 5.41) is 3.99. The summed E-state index contributed by atoms with van der Waals surface area (Å²) in [6.45, 7) is 6.14. The molecule has 3 rings (SSSR count). The van der Waals surface area contributed by atoms with Gasteiger partial charge in [-0.15, -0.1) is 0 Å². The molecule has 0 aromatic carbocycles. The van der Waals surface area contributed by atoms with Crippen molar-refractivity contribution < 1.29 is 0 Å². The van der Waals surface area contributed by atoms with Crippen molar-refractivity contribution in [2.24, 2.45) is 0 Å². The van der Waals surface area contributed by atoms with Gasteiger partial charge < -0.3 is 16.8 Å². The van der Waals surface area contributed by atoms with Crippen LogP contribution >= 0.6 is 0 Å². The first-order chi connectivity index (χ1) is 10.8. The molecule has 0 spiro atoms. The van der Waals surface area contributed by atoms with Crippen molar-refractivity contribution in [3.05, 3.63) is 30.6 Å². The summed E-state index contributed by atoms with van der Waals surface area (Å²) in [5.41, 5.74) is 13.9. The van der Waals surface area contributed by atoms with Crippen LogP contribution < -0.4 is 16.8 Å². The minimum Gasteiger partial charge on any atom is -0.384 e. The van der Waals surface area contributed by atoms with Crippen molar-refractivity contribution >= 4 is 28.5 Å². The van der Waals surface area contributed by atoms with Gasteiger partial charge in [0, 0.05) is 23.5 Å². The van der Waals surface area contributed by atoms with Gasteiger partial charge in [0.2, 0.25) is 5.95 Å². The first-order valence-electron chi connectivity index (χ1n) is 7.26. The van der Waals surface area contributed by atoms with Crippen molar-refractivity contribution in [1.82, 2.24) is 19.9 Å². The minimum atomic E-state index is -0.166. The van der Waals surface area contributed by atoms with Crippen molar-refractivity contribution in [3.63, 3.8) is 0 Å². The standard InChI is InChI=1S/C16H19N7/c1-16(2,3)23-15-21-10-5-7-20-14(18)12(10)13(22-15)9-4-6-19-11(17)8-9/h4-8H,1-3H3,(H2,17,19)(H2,18,20)(H,21,22,23). The first kappa shape index (κ1) is 15.0. The Balaban J connectivity index is 2.28. The van der Waals surface area contributed by atoms with Crippen LogP contribution in [0.1, 0.15) is 20.8 Å². The Morgan fingerprint density at radius 3 is 2.43 bits per heavy atom. The first-order valence-corrected chi connectivity index (χ1v) is 7.26. The van der Waals surface area contributed by atoms with E-state index in [0.717, 1.165) is 11.1 Å². The molecule has 7 nitrogen and oxygen atoms in total. The summed E-state index contributed by atoms with van der Waals surface area (Å²) in [5.74, 6) is 1.33. The molecule has 7 heteroatoms. The molecule has 118 valence electrons. The molecule has 23 heavy (non-hydrogen) atoms. The molecule has 0 saturated carbocycles. The van der Waals surface area contributed by atoms with E-state index in [1.807, 2.05) is 32.9 Å². The maximum Gasteiger partial charge on any atom is 0.224 e. The van der Waals surface area contributed by atoms with E-state index in [0.29, 0.717) is 28.7 Å². The highest BCUT2D eigenvalue weighted by Gasteiger charge is 2.17. The zero-order valence-corrected chi connectivity index (χ0v) is 13.3. The smallest absolute Gasteiger partial charge is 0.224 e. The molecule has 0 amide bonds. The summed E-state index contributed by atoms with van der Waals surface area (Å²) in [7, 11) is 0. The van der Waals surface area contributed by atoms with Crippen LogP contribution in [0.4, 0.5) is 17.6 Å². The van der Waals surface area contributed by atoms with Gasteiger partial charge >= 0.3 is 0 Å². The molecule has 5 N–H and O–H groups in total. The maximum absolute atomic E-state index is 6.05. The fourth-order valence-electron chi connectivity index (χ4n) is 2.30. The van der Waals surface area contributed by atoms with E-state index < -0.39 is 0 Å². The number of fused-ring (bicyclic) bond motifs is 1. The molecular formula is C16H19N7. The lowest BCUT2D eigenvalue weighted by Gasteiger charge is -2.21. The van der Waals surface area contributed by atoms with Gasteiger partial charge in [-0.25, -0.2) is 19.9 Å². The number of pyridine rings is 2. The Kier molecular flexibility index (Phi) is 3.48. The van der Waals surface area contributed by atoms with Gasteiger partial charge in [-0.2, -0.15) is 0 Å². The molecule has 0 aliphatic carbocycles. The van der Waals surface area contributed by atoms with E-state index in [9.17, 15) is 0 Å². The fraction of sp³-hybridized carbons (Fsp3) is 0.250. The highest BCUT2D eigenvalue weighted by molar-refractivity contribution is 6.00. The average Bonchev–Trinajstić information content (AvgIpc) is 2.45. The van der Waals surface area contributed by atoms with E-state index in [2.05, 4.69) is 25.3 Å². The van der Waals surface area contributed by atoms with Crippen molar-refractivity contribution in [3.8, 4) is 11.3 Å². The number of aromatic nitrogens is 4. The number of nitrogen functional groups attached to an aromatic ring is 2. The van der Waals surface area contributed by atoms with Crippen LogP contribution in [0.2, 0.25) is 0 Å². The number of anilines is 3. The SMILES string of the molecule is CC(C)(C)Nc1nc(-c2ccnc(N)c2)c2c(N)nccc2n1. The Morgan fingerprint density at radius 2 is 1.74 bits per heavy atom. The zero-order chi connectivity index (χ0) is 16.6. The maximum atomic E-state index is 6.05. The molecule has 0 unspecified atom stereocenters. The molecule has 0 radical (unpaired) electrons. The molecule has 0 atom stereocenters. The lowest BCUT2D eigenvalue weighted by Crippen LogP contribution is -2.27. The van der Waals surface area contributed by atoms with Gasteiger partial charge in [-0.1, -0.05) is 0 Å². The predicted octanol–water partition coefficient (Wildman–Crippen LogP) is 2.46. The molecule has 0 aliphatic rings. The second-order valence-electron chi connectivity index (χ2n) is 6.33. The Labute approximate surface area is 134 Å². The molecular weight excluding hydrogens is 290 g/mol. The molecule has 3 aromatic heterocycles. The van der Waals surface area contributed by atoms with Gasteiger partial charge in [-0.05, 0) is 39.0 Å². The number of rotatable bonds is 2. The number of hydrogen-bond acceptors (Lipinski definition) is 7. The average molecular weight is 309 g/mol. The third-order valence-corrected chi connectivity index (χ3v) is 3.18. The Morgan fingerprint density at radius 1 is 1.00 bits per heavy atom. The fourth-order valence-corrected chi connectivity index (χ4v) is 2.30. The largest absolute Gasteiger partial charge is 0.384 e. The van der Waals surface area contributed by atoms with Gasteiger partial charge in [0.1, 0.15) is 11.6 Å². The van der Waals surface area contributed by atoms with Gasteiger partial charge in [-0.3, -0.25) is 0 Å².